The number of rotatable bonds is 5. The highest BCUT2D eigenvalue weighted by Gasteiger charge is 2.45. The van der Waals surface area contributed by atoms with Crippen LogP contribution in [0, 0.1) is 5.41 Å². The van der Waals surface area contributed by atoms with Crippen molar-refractivity contribution in [2.75, 3.05) is 30.1 Å². The topological polar surface area (TPSA) is 46.2 Å². The number of hydrogen-bond acceptors (Lipinski definition) is 4. The van der Waals surface area contributed by atoms with Crippen LogP contribution in [0.1, 0.15) is 12.8 Å². The third-order valence-electron chi connectivity index (χ3n) is 2.93. The first-order valence-corrected chi connectivity index (χ1v) is 8.20. The summed E-state index contributed by atoms with van der Waals surface area (Å²) in [5, 5.41) is 3.46. The summed E-state index contributed by atoms with van der Waals surface area (Å²) < 4.78 is 22.4. The van der Waals surface area contributed by atoms with E-state index in [9.17, 15) is 8.42 Å². The van der Waals surface area contributed by atoms with Crippen molar-refractivity contribution < 1.29 is 8.42 Å². The van der Waals surface area contributed by atoms with Crippen LogP contribution in [0.15, 0.2) is 0 Å². The molecule has 1 aliphatic carbocycles. The second-order valence-corrected chi connectivity index (χ2v) is 7.90. The highest BCUT2D eigenvalue weighted by Crippen LogP contribution is 2.46. The monoisotopic (exact) mass is 235 g/mol. The molecule has 14 heavy (non-hydrogen) atoms. The van der Waals surface area contributed by atoms with Gasteiger partial charge in [0, 0.05) is 30.3 Å². The van der Waals surface area contributed by atoms with Gasteiger partial charge >= 0.3 is 0 Å². The summed E-state index contributed by atoms with van der Waals surface area (Å²) in [4.78, 5) is 0. The van der Waals surface area contributed by atoms with Crippen molar-refractivity contribution >= 4 is 21.6 Å². The summed E-state index contributed by atoms with van der Waals surface area (Å²) in [5.74, 6) is 2.75. The Labute approximate surface area is 89.9 Å². The Morgan fingerprint density at radius 2 is 2.07 bits per heavy atom. The van der Waals surface area contributed by atoms with E-state index in [2.05, 4.69) is 5.32 Å². The number of nitrogens with one attached hydrogen (secondary N) is 1. The van der Waals surface area contributed by atoms with Gasteiger partial charge in [0.15, 0.2) is 0 Å². The predicted octanol–water partition coefficient (Wildman–Crippen LogP) is 0.516. The Morgan fingerprint density at radius 3 is 2.43 bits per heavy atom. The molecule has 0 unspecified atom stereocenters. The lowest BCUT2D eigenvalue weighted by molar-refractivity contribution is 0.459. The molecule has 0 aromatic carbocycles. The molecule has 2 aliphatic rings. The normalized spacial score (nSPS) is 25.8. The SMILES string of the molecule is CS(=O)(=O)CC1(CNC2CSC2)CC1. The molecule has 1 saturated carbocycles. The highest BCUT2D eigenvalue weighted by molar-refractivity contribution is 8.00. The van der Waals surface area contributed by atoms with Gasteiger partial charge in [-0.15, -0.1) is 0 Å². The van der Waals surface area contributed by atoms with Crippen LogP contribution < -0.4 is 5.32 Å². The van der Waals surface area contributed by atoms with Crippen LogP contribution in [0.3, 0.4) is 0 Å². The Hall–Kier alpha value is 0.260. The van der Waals surface area contributed by atoms with E-state index in [-0.39, 0.29) is 5.41 Å². The minimum Gasteiger partial charge on any atom is -0.312 e. The first-order valence-electron chi connectivity index (χ1n) is 4.98. The van der Waals surface area contributed by atoms with Gasteiger partial charge in [-0.25, -0.2) is 8.42 Å². The second kappa shape index (κ2) is 3.68. The van der Waals surface area contributed by atoms with Gasteiger partial charge in [0.2, 0.25) is 0 Å². The highest BCUT2D eigenvalue weighted by atomic mass is 32.2. The Balaban J connectivity index is 1.78. The number of sulfone groups is 1. The van der Waals surface area contributed by atoms with Crippen molar-refractivity contribution in [3.8, 4) is 0 Å². The maximum atomic E-state index is 11.2. The first kappa shape index (κ1) is 10.8. The molecule has 1 N–H and O–H groups in total. The van der Waals surface area contributed by atoms with Gasteiger partial charge in [-0.2, -0.15) is 11.8 Å². The lowest BCUT2D eigenvalue weighted by Gasteiger charge is -2.28. The van der Waals surface area contributed by atoms with Crippen molar-refractivity contribution in [2.45, 2.75) is 18.9 Å². The zero-order valence-electron chi connectivity index (χ0n) is 8.45. The standard InChI is InChI=1S/C9H17NO2S2/c1-14(11,12)7-9(2-3-9)6-10-8-4-13-5-8/h8,10H,2-7H2,1H3. The minimum absolute atomic E-state index is 0.0911. The van der Waals surface area contributed by atoms with E-state index >= 15 is 0 Å². The van der Waals surface area contributed by atoms with E-state index in [0.29, 0.717) is 11.8 Å². The quantitative estimate of drug-likeness (QED) is 0.754. The fourth-order valence-corrected chi connectivity index (χ4v) is 4.03. The van der Waals surface area contributed by atoms with Gasteiger partial charge in [0.05, 0.1) is 5.75 Å². The number of hydrogen-bond donors (Lipinski definition) is 1. The Morgan fingerprint density at radius 1 is 1.43 bits per heavy atom. The summed E-state index contributed by atoms with van der Waals surface area (Å²) in [6, 6.07) is 0.636. The minimum atomic E-state index is -2.80. The molecule has 0 bridgehead atoms. The third-order valence-corrected chi connectivity index (χ3v) is 5.34. The molecule has 82 valence electrons. The maximum absolute atomic E-state index is 11.2. The Kier molecular flexibility index (Phi) is 2.83. The molecule has 2 rings (SSSR count). The Bertz CT molecular complexity index is 305. The molecule has 0 aromatic rings. The van der Waals surface area contributed by atoms with Crippen LogP contribution in [0.5, 0.6) is 0 Å². The van der Waals surface area contributed by atoms with Gasteiger partial charge < -0.3 is 5.32 Å². The van der Waals surface area contributed by atoms with Crippen LogP contribution in [0.4, 0.5) is 0 Å². The van der Waals surface area contributed by atoms with Gasteiger partial charge in [0.25, 0.3) is 0 Å². The summed E-state index contributed by atoms with van der Waals surface area (Å²) in [6.45, 7) is 0.894. The van der Waals surface area contributed by atoms with E-state index < -0.39 is 9.84 Å². The summed E-state index contributed by atoms with van der Waals surface area (Å²) >= 11 is 1.95. The summed E-state index contributed by atoms with van der Waals surface area (Å²) in [5.41, 5.74) is 0.0911. The van der Waals surface area contributed by atoms with E-state index in [0.717, 1.165) is 19.4 Å². The molecule has 0 radical (unpaired) electrons. The molecular weight excluding hydrogens is 218 g/mol. The smallest absolute Gasteiger partial charge is 0.148 e. The molecule has 5 heteroatoms. The van der Waals surface area contributed by atoms with Crippen LogP contribution in [-0.2, 0) is 9.84 Å². The van der Waals surface area contributed by atoms with Gasteiger partial charge in [-0.3, -0.25) is 0 Å². The summed E-state index contributed by atoms with van der Waals surface area (Å²) in [6.07, 6.45) is 3.49. The van der Waals surface area contributed by atoms with Crippen molar-refractivity contribution in [2.24, 2.45) is 5.41 Å². The lowest BCUT2D eigenvalue weighted by atomic mass is 10.1. The van der Waals surface area contributed by atoms with Crippen molar-refractivity contribution in [3.05, 3.63) is 0 Å². The molecule has 3 nitrogen and oxygen atoms in total. The average molecular weight is 235 g/mol. The maximum Gasteiger partial charge on any atom is 0.148 e. The molecule has 1 aliphatic heterocycles. The second-order valence-electron chi connectivity index (χ2n) is 4.69. The van der Waals surface area contributed by atoms with Gasteiger partial charge in [-0.05, 0) is 18.3 Å². The van der Waals surface area contributed by atoms with Crippen molar-refractivity contribution in [1.29, 1.82) is 0 Å². The molecule has 1 heterocycles. The third kappa shape index (κ3) is 2.87. The molecule has 0 atom stereocenters. The fraction of sp³-hybridized carbons (Fsp3) is 1.00. The van der Waals surface area contributed by atoms with E-state index in [1.54, 1.807) is 0 Å². The number of thioether (sulfide) groups is 1. The van der Waals surface area contributed by atoms with Gasteiger partial charge in [0.1, 0.15) is 9.84 Å². The zero-order valence-corrected chi connectivity index (χ0v) is 10.1. The molecule has 2 fully saturated rings. The molecule has 0 amide bonds. The van der Waals surface area contributed by atoms with E-state index in [1.165, 1.54) is 17.8 Å². The largest absolute Gasteiger partial charge is 0.312 e. The van der Waals surface area contributed by atoms with Crippen molar-refractivity contribution in [3.63, 3.8) is 0 Å². The van der Waals surface area contributed by atoms with Crippen LogP contribution in [-0.4, -0.2) is 44.5 Å². The van der Waals surface area contributed by atoms with Crippen LogP contribution >= 0.6 is 11.8 Å². The average Bonchev–Trinajstić information content (AvgIpc) is 2.61. The lowest BCUT2D eigenvalue weighted by Crippen LogP contribution is -2.44. The van der Waals surface area contributed by atoms with E-state index in [4.69, 9.17) is 0 Å². The molecular formula is C9H17NO2S2. The molecule has 0 spiro atoms. The van der Waals surface area contributed by atoms with Crippen LogP contribution in [0.2, 0.25) is 0 Å². The van der Waals surface area contributed by atoms with E-state index in [1.807, 2.05) is 11.8 Å². The molecule has 0 aromatic heterocycles. The summed E-state index contributed by atoms with van der Waals surface area (Å²) in [7, 11) is -2.80. The van der Waals surface area contributed by atoms with Crippen LogP contribution in [0.25, 0.3) is 0 Å². The predicted molar refractivity (Wildman–Crippen MR) is 60.5 cm³/mol. The van der Waals surface area contributed by atoms with Crippen molar-refractivity contribution in [1.82, 2.24) is 5.32 Å². The first-order chi connectivity index (χ1) is 6.49. The zero-order chi connectivity index (χ0) is 10.2. The van der Waals surface area contributed by atoms with Gasteiger partial charge in [-0.1, -0.05) is 0 Å². The fourth-order valence-electron chi connectivity index (χ4n) is 1.82. The molecule has 1 saturated heterocycles.